The monoisotopic (exact) mass is 374 g/mol. The molecule has 0 fully saturated rings. The van der Waals surface area contributed by atoms with Crippen molar-refractivity contribution in [2.24, 2.45) is 0 Å². The molecule has 0 unspecified atom stereocenters. The van der Waals surface area contributed by atoms with E-state index in [1.54, 1.807) is 6.92 Å². The Morgan fingerprint density at radius 1 is 1.43 bits per heavy atom. The summed E-state index contributed by atoms with van der Waals surface area (Å²) in [5, 5.41) is 17.4. The third-order valence-electron chi connectivity index (χ3n) is 2.77. The van der Waals surface area contributed by atoms with Gasteiger partial charge in [-0.15, -0.1) is 0 Å². The molecule has 0 atom stereocenters. The van der Waals surface area contributed by atoms with Gasteiger partial charge in [0.15, 0.2) is 0 Å². The molecule has 1 aromatic carbocycles. The molecule has 0 aliphatic heterocycles. The second kappa shape index (κ2) is 7.54. The number of nitrogens with zero attached hydrogens (tertiary/aromatic N) is 1. The molecule has 0 aliphatic rings. The Morgan fingerprint density at radius 2 is 2.10 bits per heavy atom. The molecule has 114 valence electrons. The van der Waals surface area contributed by atoms with Crippen LogP contribution < -0.4 is 4.72 Å². The fourth-order valence-electron chi connectivity index (χ4n) is 1.67. The highest BCUT2D eigenvalue weighted by Gasteiger charge is 2.21. The normalized spacial score (nSPS) is 11.1. The smallest absolute Gasteiger partial charge is 0.335 e. The Labute approximate surface area is 132 Å². The molecule has 1 rings (SSSR count). The van der Waals surface area contributed by atoms with Crippen molar-refractivity contribution in [1.82, 2.24) is 4.72 Å². The van der Waals surface area contributed by atoms with Crippen LogP contribution in [0.5, 0.6) is 0 Å². The standard InChI is InChI=1S/C13H15BrN2O4S/c1-9-7-10(13(17)18)8-11(12(9)14)21(19,20)16-6-4-2-3-5-15/h7-8,16H,2-4,6H2,1H3,(H,17,18). The van der Waals surface area contributed by atoms with Gasteiger partial charge in [-0.1, -0.05) is 0 Å². The number of aryl methyl sites for hydroxylation is 1. The molecule has 0 saturated heterocycles. The molecule has 0 amide bonds. The molecule has 0 aromatic heterocycles. The van der Waals surface area contributed by atoms with Crippen LogP contribution >= 0.6 is 15.9 Å². The van der Waals surface area contributed by atoms with Gasteiger partial charge in [0.1, 0.15) is 0 Å². The fourth-order valence-corrected chi connectivity index (χ4v) is 3.79. The van der Waals surface area contributed by atoms with Crippen LogP contribution in [0.4, 0.5) is 0 Å². The minimum atomic E-state index is -3.80. The molecule has 21 heavy (non-hydrogen) atoms. The number of unbranched alkanes of at least 4 members (excludes halogenated alkanes) is 2. The molecule has 0 radical (unpaired) electrons. The molecule has 0 aliphatic carbocycles. The summed E-state index contributed by atoms with van der Waals surface area (Å²) >= 11 is 3.18. The van der Waals surface area contributed by atoms with E-state index in [9.17, 15) is 13.2 Å². The summed E-state index contributed by atoms with van der Waals surface area (Å²) < 4.78 is 27.2. The van der Waals surface area contributed by atoms with Gasteiger partial charge in [0, 0.05) is 17.4 Å². The van der Waals surface area contributed by atoms with Gasteiger partial charge in [0.25, 0.3) is 0 Å². The second-order valence-corrected chi connectivity index (χ2v) is 6.95. The van der Waals surface area contributed by atoms with E-state index >= 15 is 0 Å². The SMILES string of the molecule is Cc1cc(C(=O)O)cc(S(=O)(=O)NCCCCC#N)c1Br. The van der Waals surface area contributed by atoms with E-state index in [2.05, 4.69) is 20.7 Å². The van der Waals surface area contributed by atoms with Crippen LogP contribution in [0.1, 0.15) is 35.2 Å². The highest BCUT2D eigenvalue weighted by Crippen LogP contribution is 2.27. The fraction of sp³-hybridized carbons (Fsp3) is 0.385. The number of nitrogens with one attached hydrogen (secondary N) is 1. The number of hydrogen-bond acceptors (Lipinski definition) is 4. The first-order chi connectivity index (χ1) is 9.79. The largest absolute Gasteiger partial charge is 0.478 e. The average Bonchev–Trinajstić information content (AvgIpc) is 2.40. The van der Waals surface area contributed by atoms with Gasteiger partial charge < -0.3 is 5.11 Å². The summed E-state index contributed by atoms with van der Waals surface area (Å²) in [5.41, 5.74) is 0.445. The molecule has 0 bridgehead atoms. The third kappa shape index (κ3) is 4.81. The minimum Gasteiger partial charge on any atom is -0.478 e. The van der Waals surface area contributed by atoms with Crippen LogP contribution in [0, 0.1) is 18.3 Å². The summed E-state index contributed by atoms with van der Waals surface area (Å²) in [5.74, 6) is -1.18. The van der Waals surface area contributed by atoms with Crippen molar-refractivity contribution in [2.75, 3.05) is 6.54 Å². The number of hydrogen-bond donors (Lipinski definition) is 2. The van der Waals surface area contributed by atoms with E-state index in [4.69, 9.17) is 10.4 Å². The van der Waals surface area contributed by atoms with E-state index in [-0.39, 0.29) is 17.0 Å². The summed E-state index contributed by atoms with van der Waals surface area (Å²) in [6, 6.07) is 4.51. The van der Waals surface area contributed by atoms with Crippen LogP contribution in [0.25, 0.3) is 0 Å². The number of benzene rings is 1. The quantitative estimate of drug-likeness (QED) is 0.712. The lowest BCUT2D eigenvalue weighted by molar-refractivity contribution is 0.0696. The molecule has 0 spiro atoms. The van der Waals surface area contributed by atoms with Crippen LogP contribution in [-0.4, -0.2) is 26.0 Å². The zero-order valence-electron chi connectivity index (χ0n) is 11.4. The summed E-state index contributed by atoms with van der Waals surface area (Å²) in [7, 11) is -3.80. The van der Waals surface area contributed by atoms with E-state index in [0.29, 0.717) is 29.3 Å². The summed E-state index contributed by atoms with van der Waals surface area (Å²) in [6.07, 6.45) is 1.52. The van der Waals surface area contributed by atoms with Crippen molar-refractivity contribution in [2.45, 2.75) is 31.1 Å². The number of aromatic carboxylic acids is 1. The van der Waals surface area contributed by atoms with E-state index in [0.717, 1.165) is 6.07 Å². The van der Waals surface area contributed by atoms with Crippen molar-refractivity contribution in [1.29, 1.82) is 5.26 Å². The molecule has 0 heterocycles. The van der Waals surface area contributed by atoms with Crippen LogP contribution in [-0.2, 0) is 10.0 Å². The van der Waals surface area contributed by atoms with Gasteiger partial charge in [0.2, 0.25) is 10.0 Å². The van der Waals surface area contributed by atoms with Gasteiger partial charge >= 0.3 is 5.97 Å². The predicted octanol–water partition coefficient (Wildman–Crippen LogP) is 2.43. The Morgan fingerprint density at radius 3 is 2.67 bits per heavy atom. The number of sulfonamides is 1. The number of rotatable bonds is 7. The van der Waals surface area contributed by atoms with Crippen molar-refractivity contribution in [3.05, 3.63) is 27.7 Å². The third-order valence-corrected chi connectivity index (χ3v) is 5.57. The number of halogens is 1. The van der Waals surface area contributed by atoms with Gasteiger partial charge in [-0.3, -0.25) is 0 Å². The van der Waals surface area contributed by atoms with Crippen molar-refractivity contribution < 1.29 is 18.3 Å². The van der Waals surface area contributed by atoms with Gasteiger partial charge in [-0.05, 0) is 53.4 Å². The molecule has 2 N–H and O–H groups in total. The maximum absolute atomic E-state index is 12.2. The zero-order chi connectivity index (χ0) is 16.0. The molecule has 6 nitrogen and oxygen atoms in total. The molecular weight excluding hydrogens is 360 g/mol. The highest BCUT2D eigenvalue weighted by molar-refractivity contribution is 9.10. The van der Waals surface area contributed by atoms with Crippen molar-refractivity contribution >= 4 is 31.9 Å². The summed E-state index contributed by atoms with van der Waals surface area (Å²) in [6.45, 7) is 1.83. The lowest BCUT2D eigenvalue weighted by Crippen LogP contribution is -2.25. The number of nitriles is 1. The van der Waals surface area contributed by atoms with Crippen LogP contribution in [0.2, 0.25) is 0 Å². The summed E-state index contributed by atoms with van der Waals surface area (Å²) in [4.78, 5) is 10.9. The van der Waals surface area contributed by atoms with Crippen LogP contribution in [0.3, 0.4) is 0 Å². The highest BCUT2D eigenvalue weighted by atomic mass is 79.9. The number of carbonyl (C=O) groups is 1. The van der Waals surface area contributed by atoms with E-state index in [1.165, 1.54) is 6.07 Å². The second-order valence-electron chi connectivity index (χ2n) is 4.42. The molecule has 1 aromatic rings. The first-order valence-electron chi connectivity index (χ1n) is 6.19. The Hall–Kier alpha value is -1.43. The molecule has 0 saturated carbocycles. The lowest BCUT2D eigenvalue weighted by Gasteiger charge is -2.11. The van der Waals surface area contributed by atoms with E-state index < -0.39 is 16.0 Å². The van der Waals surface area contributed by atoms with Gasteiger partial charge in [-0.25, -0.2) is 17.9 Å². The maximum atomic E-state index is 12.2. The van der Waals surface area contributed by atoms with Crippen molar-refractivity contribution in [3.63, 3.8) is 0 Å². The first kappa shape index (κ1) is 17.6. The Balaban J connectivity index is 2.97. The first-order valence-corrected chi connectivity index (χ1v) is 8.47. The Bertz CT molecular complexity index is 680. The average molecular weight is 375 g/mol. The molecular formula is C13H15BrN2O4S. The topological polar surface area (TPSA) is 107 Å². The predicted molar refractivity (Wildman–Crippen MR) is 80.5 cm³/mol. The van der Waals surface area contributed by atoms with Gasteiger partial charge in [-0.2, -0.15) is 5.26 Å². The van der Waals surface area contributed by atoms with Crippen molar-refractivity contribution in [3.8, 4) is 6.07 Å². The molecule has 8 heteroatoms. The minimum absolute atomic E-state index is 0.0828. The van der Waals surface area contributed by atoms with Gasteiger partial charge in [0.05, 0.1) is 16.5 Å². The Kier molecular flexibility index (Phi) is 6.33. The zero-order valence-corrected chi connectivity index (χ0v) is 13.8. The van der Waals surface area contributed by atoms with Crippen LogP contribution in [0.15, 0.2) is 21.5 Å². The lowest BCUT2D eigenvalue weighted by atomic mass is 10.1. The number of carboxylic acids is 1. The number of carboxylic acid groups (broad SMARTS) is 1. The maximum Gasteiger partial charge on any atom is 0.335 e. The van der Waals surface area contributed by atoms with E-state index in [1.807, 2.05) is 6.07 Å².